The number of imide groups is 1. The molecule has 3 aromatic carbocycles. The first-order chi connectivity index (χ1) is 27.2. The number of amides is 3. The number of ether oxygens (including phenoxy) is 1. The van der Waals surface area contributed by atoms with E-state index < -0.39 is 34.9 Å². The van der Waals surface area contributed by atoms with E-state index in [-0.39, 0.29) is 47.8 Å². The van der Waals surface area contributed by atoms with Crippen LogP contribution in [0, 0.1) is 19.8 Å². The molecule has 0 bridgehead atoms. The van der Waals surface area contributed by atoms with E-state index in [1.165, 1.54) is 11.6 Å². The van der Waals surface area contributed by atoms with Crippen LogP contribution in [0.25, 0.3) is 33.0 Å². The fourth-order valence-corrected chi connectivity index (χ4v) is 7.32. The van der Waals surface area contributed by atoms with Gasteiger partial charge in [-0.1, -0.05) is 37.6 Å². The third kappa shape index (κ3) is 8.10. The van der Waals surface area contributed by atoms with Crippen molar-refractivity contribution in [3.8, 4) is 5.75 Å². The van der Waals surface area contributed by atoms with Crippen molar-refractivity contribution >= 4 is 56.7 Å². The molecular formula is C42H47N8O7+. The highest BCUT2D eigenvalue weighted by Gasteiger charge is 2.27. The highest BCUT2D eigenvalue weighted by atomic mass is 16.5. The van der Waals surface area contributed by atoms with Crippen molar-refractivity contribution in [1.82, 2.24) is 24.4 Å². The van der Waals surface area contributed by atoms with Crippen molar-refractivity contribution in [3.05, 3.63) is 109 Å². The molecule has 3 heterocycles. The highest BCUT2D eigenvalue weighted by Crippen LogP contribution is 2.31. The molecule has 15 nitrogen and oxygen atoms in total. The number of hydrogen-bond acceptors (Lipinski definition) is 9. The van der Waals surface area contributed by atoms with Gasteiger partial charge in [-0.05, 0) is 61.9 Å². The van der Waals surface area contributed by atoms with Crippen molar-refractivity contribution in [2.75, 3.05) is 0 Å². The number of para-hydroxylation sites is 1. The summed E-state index contributed by atoms with van der Waals surface area (Å²) in [5.74, 6) is -1.71. The Hall–Kier alpha value is -6.48. The summed E-state index contributed by atoms with van der Waals surface area (Å²) in [7, 11) is 3.32. The summed E-state index contributed by atoms with van der Waals surface area (Å²) in [5.41, 5.74) is 14.6. The van der Waals surface area contributed by atoms with Crippen LogP contribution >= 0.6 is 0 Å². The van der Waals surface area contributed by atoms with Crippen LogP contribution in [0.3, 0.4) is 0 Å². The number of hydrogen-bond donors (Lipinski definition) is 4. The monoisotopic (exact) mass is 775 g/mol. The molecule has 3 amide bonds. The van der Waals surface area contributed by atoms with Gasteiger partial charge in [-0.25, -0.2) is 14.6 Å². The molecule has 6 rings (SSSR count). The molecule has 1 unspecified atom stereocenters. The number of primary amides is 1. The average molecular weight is 776 g/mol. The number of imidazole rings is 1. The van der Waals surface area contributed by atoms with Crippen LogP contribution in [0.2, 0.25) is 0 Å². The molecule has 6 N–H and O–H groups in total. The van der Waals surface area contributed by atoms with E-state index in [9.17, 15) is 28.8 Å². The summed E-state index contributed by atoms with van der Waals surface area (Å²) in [6, 6.07) is 16.5. The van der Waals surface area contributed by atoms with Crippen LogP contribution in [-0.2, 0) is 43.2 Å². The van der Waals surface area contributed by atoms with Gasteiger partial charge in [0.25, 0.3) is 11.5 Å². The van der Waals surface area contributed by atoms with Gasteiger partial charge in [0.1, 0.15) is 24.1 Å². The number of H-pyrrole nitrogens is 1. The topological polar surface area (TPSA) is 218 Å². The Morgan fingerprint density at radius 2 is 1.74 bits per heavy atom. The van der Waals surface area contributed by atoms with E-state index in [1.54, 1.807) is 26.0 Å². The quantitative estimate of drug-likeness (QED) is 0.0551. The number of nitrogens with zero attached hydrogens (tertiary/aromatic N) is 4. The number of nitrogens with two attached hydrogens (primary N) is 2. The molecule has 0 saturated heterocycles. The van der Waals surface area contributed by atoms with E-state index >= 15 is 0 Å². The molecule has 296 valence electrons. The Kier molecular flexibility index (Phi) is 11.8. The van der Waals surface area contributed by atoms with Crippen LogP contribution in [-0.4, -0.2) is 42.8 Å². The Bertz CT molecular complexity index is 2710. The van der Waals surface area contributed by atoms with Gasteiger partial charge >= 0.3 is 11.7 Å². The number of pyridine rings is 1. The maximum atomic E-state index is 14.1. The maximum absolute atomic E-state index is 14.1. The summed E-state index contributed by atoms with van der Waals surface area (Å²) < 4.78 is 10.5. The molecule has 6 aromatic rings. The number of esters is 1. The lowest BCUT2D eigenvalue weighted by Gasteiger charge is -2.17. The minimum atomic E-state index is -0.644. The number of carbonyl (C=O) groups excluding carboxylic acids is 4. The van der Waals surface area contributed by atoms with Crippen LogP contribution < -0.4 is 37.3 Å². The van der Waals surface area contributed by atoms with Crippen LogP contribution in [0.15, 0.2) is 64.2 Å². The minimum Gasteiger partial charge on any atom is -0.422 e. The molecular weight excluding hydrogens is 729 g/mol. The van der Waals surface area contributed by atoms with E-state index in [2.05, 4.69) is 15.3 Å². The Morgan fingerprint density at radius 3 is 2.46 bits per heavy atom. The maximum Gasteiger partial charge on any atom is 0.345 e. The molecule has 1 atom stereocenters. The van der Waals surface area contributed by atoms with Crippen LogP contribution in [0.5, 0.6) is 5.75 Å². The van der Waals surface area contributed by atoms with Gasteiger partial charge in [0.2, 0.25) is 22.8 Å². The lowest BCUT2D eigenvalue weighted by molar-refractivity contribution is -0.617. The smallest absolute Gasteiger partial charge is 0.345 e. The second-order valence-corrected chi connectivity index (χ2v) is 14.4. The molecule has 0 aliphatic carbocycles. The van der Waals surface area contributed by atoms with Crippen molar-refractivity contribution in [2.45, 2.75) is 72.4 Å². The van der Waals surface area contributed by atoms with Crippen molar-refractivity contribution in [3.63, 3.8) is 0 Å². The SMILES string of the molecule is CCC(CCC(=O)NC(=O)c1ccc(C)c(OC(=O)c2c3ccccc3[n+](C)c3ccc(CN)cc23)c1C)Cn1c(=O)n(C)c(=O)c2[nH]c(CCCC(N)=O)nc21. The van der Waals surface area contributed by atoms with Crippen molar-refractivity contribution in [1.29, 1.82) is 0 Å². The summed E-state index contributed by atoms with van der Waals surface area (Å²) in [4.78, 5) is 85.7. The summed E-state index contributed by atoms with van der Waals surface area (Å²) in [5, 5.41) is 3.85. The number of nitrogens with one attached hydrogen (secondary N) is 2. The Morgan fingerprint density at radius 1 is 1.00 bits per heavy atom. The van der Waals surface area contributed by atoms with E-state index in [0.717, 1.165) is 21.2 Å². The van der Waals surface area contributed by atoms with Crippen molar-refractivity contribution in [2.24, 2.45) is 31.5 Å². The van der Waals surface area contributed by atoms with Crippen LogP contribution in [0.4, 0.5) is 0 Å². The number of rotatable bonds is 14. The van der Waals surface area contributed by atoms with Gasteiger partial charge in [-0.3, -0.25) is 33.6 Å². The Labute approximate surface area is 327 Å². The molecule has 0 saturated carbocycles. The second-order valence-electron chi connectivity index (χ2n) is 14.4. The number of aryl methyl sites for hydroxylation is 3. The predicted molar refractivity (Wildman–Crippen MR) is 215 cm³/mol. The number of fused-ring (bicyclic) bond motifs is 3. The minimum absolute atomic E-state index is 0.0179. The molecule has 0 spiro atoms. The average Bonchev–Trinajstić information content (AvgIpc) is 3.62. The fraction of sp³-hybridized carbons (Fsp3) is 0.333. The Balaban J connectivity index is 1.18. The molecule has 0 aliphatic heterocycles. The first kappa shape index (κ1) is 40.2. The lowest BCUT2D eigenvalue weighted by Crippen LogP contribution is -2.39. The van der Waals surface area contributed by atoms with Crippen LogP contribution in [0.1, 0.15) is 82.3 Å². The van der Waals surface area contributed by atoms with Gasteiger partial charge in [0.05, 0.1) is 16.3 Å². The second kappa shape index (κ2) is 16.7. The molecule has 0 fully saturated rings. The van der Waals surface area contributed by atoms with Gasteiger partial charge in [0.15, 0.2) is 5.65 Å². The largest absolute Gasteiger partial charge is 0.422 e. The van der Waals surface area contributed by atoms with Gasteiger partial charge in [0, 0.05) is 62.7 Å². The molecule has 0 radical (unpaired) electrons. The number of aromatic nitrogens is 5. The predicted octanol–water partition coefficient (Wildman–Crippen LogP) is 3.42. The third-order valence-corrected chi connectivity index (χ3v) is 10.6. The van der Waals surface area contributed by atoms with Gasteiger partial charge in [-0.2, -0.15) is 4.57 Å². The number of benzene rings is 3. The van der Waals surface area contributed by atoms with E-state index in [1.807, 2.05) is 61.0 Å². The molecule has 0 aliphatic rings. The molecule has 57 heavy (non-hydrogen) atoms. The molecule has 15 heteroatoms. The summed E-state index contributed by atoms with van der Waals surface area (Å²) in [6.45, 7) is 5.84. The van der Waals surface area contributed by atoms with Crippen molar-refractivity contribution < 1.29 is 28.5 Å². The van der Waals surface area contributed by atoms with E-state index in [0.29, 0.717) is 65.5 Å². The zero-order valence-corrected chi connectivity index (χ0v) is 32.7. The number of carbonyl (C=O) groups is 4. The number of aromatic amines is 1. The first-order valence-corrected chi connectivity index (χ1v) is 18.9. The zero-order chi connectivity index (χ0) is 41.1. The zero-order valence-electron chi connectivity index (χ0n) is 32.7. The third-order valence-electron chi connectivity index (χ3n) is 10.6. The van der Waals surface area contributed by atoms with Gasteiger partial charge in [-0.15, -0.1) is 0 Å². The van der Waals surface area contributed by atoms with E-state index in [4.69, 9.17) is 16.2 Å². The highest BCUT2D eigenvalue weighted by molar-refractivity contribution is 6.14. The lowest BCUT2D eigenvalue weighted by atomic mass is 9.99. The standard InChI is InChI=1S/C42H46N8O7/c1-6-25(22-50-38-36(40(54)49(5)42(50)56)45-33(46-38)13-9-12-32(44)51)16-19-34(52)47-39(53)27-17-14-23(2)37(24(27)3)57-41(55)35-28-10-7-8-11-30(28)48(4)31-18-15-26(21-43)20-29(31)35/h7-8,10-11,14-15,17-18,20,25H,6,9,12-13,16,19,21-22,43H2,1-5H3,(H3-,44,45,46,47,51,52,53,54)/p+1. The summed E-state index contributed by atoms with van der Waals surface area (Å²) >= 11 is 0. The summed E-state index contributed by atoms with van der Waals surface area (Å²) in [6.07, 6.45) is 1.86. The fourth-order valence-electron chi connectivity index (χ4n) is 7.32. The molecule has 3 aromatic heterocycles. The first-order valence-electron chi connectivity index (χ1n) is 18.9. The van der Waals surface area contributed by atoms with Gasteiger partial charge < -0.3 is 21.2 Å². The normalized spacial score (nSPS) is 12.0.